The summed E-state index contributed by atoms with van der Waals surface area (Å²) >= 11 is 6.41. The van der Waals surface area contributed by atoms with Crippen LogP contribution in [0.3, 0.4) is 0 Å². The highest BCUT2D eigenvalue weighted by Gasteiger charge is 2.31. The highest BCUT2D eigenvalue weighted by atomic mass is 35.5. The van der Waals surface area contributed by atoms with Crippen LogP contribution in [0.1, 0.15) is 60.8 Å². The maximum absolute atomic E-state index is 14.8. The third-order valence-electron chi connectivity index (χ3n) is 5.66. The zero-order valence-corrected chi connectivity index (χ0v) is 18.5. The topological polar surface area (TPSA) is 58.4 Å². The minimum Gasteiger partial charge on any atom is -0.343 e. The lowest BCUT2D eigenvalue weighted by Crippen LogP contribution is -2.28. The Morgan fingerprint density at radius 3 is 2.63 bits per heavy atom. The predicted molar refractivity (Wildman–Crippen MR) is 116 cm³/mol. The first kappa shape index (κ1) is 22.3. The van der Waals surface area contributed by atoms with Crippen molar-refractivity contribution in [3.8, 4) is 0 Å². The Kier molecular flexibility index (Phi) is 7.13. The minimum absolute atomic E-state index is 0.0866. The second kappa shape index (κ2) is 9.60. The number of rotatable bonds is 6. The molecule has 0 atom stereocenters. The van der Waals surface area contributed by atoms with E-state index in [4.69, 9.17) is 16.6 Å². The van der Waals surface area contributed by atoms with Gasteiger partial charge in [-0.15, -0.1) is 0 Å². The van der Waals surface area contributed by atoms with Crippen molar-refractivity contribution in [1.29, 1.82) is 0 Å². The van der Waals surface area contributed by atoms with Gasteiger partial charge in [0.15, 0.2) is 11.5 Å². The van der Waals surface area contributed by atoms with Gasteiger partial charge in [0, 0.05) is 44.1 Å². The molecule has 1 aromatic heterocycles. The van der Waals surface area contributed by atoms with Crippen molar-refractivity contribution in [2.75, 3.05) is 26.0 Å². The number of carbonyl (C=O) groups excluding carboxylic acids is 2. The summed E-state index contributed by atoms with van der Waals surface area (Å²) < 4.78 is 16.6. The first-order chi connectivity index (χ1) is 14.3. The fourth-order valence-corrected chi connectivity index (χ4v) is 4.24. The molecule has 2 aliphatic rings. The fourth-order valence-electron chi connectivity index (χ4n) is 4.01. The molecule has 1 heterocycles. The van der Waals surface area contributed by atoms with Crippen molar-refractivity contribution in [3.05, 3.63) is 46.2 Å². The highest BCUT2D eigenvalue weighted by Crippen LogP contribution is 2.37. The molecule has 6 nitrogen and oxygen atoms in total. The normalized spacial score (nSPS) is 17.6. The Morgan fingerprint density at radius 2 is 2.00 bits per heavy atom. The quantitative estimate of drug-likeness (QED) is 0.618. The second-order valence-electron chi connectivity index (χ2n) is 8.01. The molecule has 0 saturated heterocycles. The minimum atomic E-state index is -0.425. The lowest BCUT2D eigenvalue weighted by Gasteiger charge is -2.24. The third kappa shape index (κ3) is 4.51. The Balaban J connectivity index is 2.19. The van der Waals surface area contributed by atoms with Crippen LogP contribution in [0.2, 0.25) is 0 Å². The summed E-state index contributed by atoms with van der Waals surface area (Å²) in [6, 6.07) is 0. The Labute approximate surface area is 181 Å². The smallest absolute Gasteiger partial charge is 0.273 e. The molecule has 0 N–H and O–H groups in total. The molecule has 3 rings (SSSR count). The maximum Gasteiger partial charge on any atom is 0.273 e. The van der Waals surface area contributed by atoms with Gasteiger partial charge in [0.1, 0.15) is 11.7 Å². The van der Waals surface area contributed by atoms with E-state index in [0.29, 0.717) is 29.3 Å². The highest BCUT2D eigenvalue weighted by molar-refractivity contribution is 6.30. The van der Waals surface area contributed by atoms with Gasteiger partial charge in [0.2, 0.25) is 6.41 Å². The molecular formula is C22H28ClFN4O2. The van der Waals surface area contributed by atoms with Crippen molar-refractivity contribution < 1.29 is 14.0 Å². The van der Waals surface area contributed by atoms with Crippen LogP contribution in [-0.4, -0.2) is 47.9 Å². The Bertz CT molecular complexity index is 910. The predicted octanol–water partition coefficient (Wildman–Crippen LogP) is 4.53. The van der Waals surface area contributed by atoms with Gasteiger partial charge in [-0.3, -0.25) is 9.59 Å². The van der Waals surface area contributed by atoms with Gasteiger partial charge in [0.25, 0.3) is 5.91 Å². The van der Waals surface area contributed by atoms with Crippen LogP contribution in [0.15, 0.2) is 34.7 Å². The van der Waals surface area contributed by atoms with Gasteiger partial charge in [-0.05, 0) is 18.9 Å². The van der Waals surface area contributed by atoms with Crippen LogP contribution in [0, 0.1) is 0 Å². The molecule has 0 aliphatic heterocycles. The average molecular weight is 435 g/mol. The molecule has 0 bridgehead atoms. The average Bonchev–Trinajstić information content (AvgIpc) is 3.04. The number of aromatic nitrogens is 2. The number of hydrogen-bond acceptors (Lipinski definition) is 3. The largest absolute Gasteiger partial charge is 0.343 e. The van der Waals surface area contributed by atoms with Gasteiger partial charge in [-0.25, -0.2) is 9.37 Å². The summed E-state index contributed by atoms with van der Waals surface area (Å²) in [5.41, 5.74) is 0.612. The summed E-state index contributed by atoms with van der Waals surface area (Å²) in [6.45, 7) is 0.0866. The van der Waals surface area contributed by atoms with Crippen molar-refractivity contribution >= 4 is 29.7 Å². The lowest BCUT2D eigenvalue weighted by atomic mass is 9.88. The number of halogens is 2. The second-order valence-corrected chi connectivity index (χ2v) is 8.47. The molecule has 0 radical (unpaired) electrons. The van der Waals surface area contributed by atoms with E-state index in [9.17, 15) is 14.0 Å². The van der Waals surface area contributed by atoms with Gasteiger partial charge >= 0.3 is 0 Å². The molecule has 1 saturated carbocycles. The summed E-state index contributed by atoms with van der Waals surface area (Å²) in [5.74, 6) is 0.436. The fraction of sp³-hybridized carbons (Fsp3) is 0.500. The van der Waals surface area contributed by atoms with Crippen LogP contribution in [0.4, 0.5) is 10.2 Å². The number of imidazole rings is 1. The van der Waals surface area contributed by atoms with Gasteiger partial charge in [-0.1, -0.05) is 43.0 Å². The molecule has 2 aliphatic carbocycles. The molecular weight excluding hydrogens is 407 g/mol. The lowest BCUT2D eigenvalue weighted by molar-refractivity contribution is -0.107. The molecule has 0 unspecified atom stereocenters. The molecule has 1 fully saturated rings. The van der Waals surface area contributed by atoms with Gasteiger partial charge in [0.05, 0.1) is 6.54 Å². The van der Waals surface area contributed by atoms with Crippen molar-refractivity contribution in [2.24, 2.45) is 0 Å². The van der Waals surface area contributed by atoms with Crippen LogP contribution in [0.25, 0.3) is 0 Å². The van der Waals surface area contributed by atoms with Crippen LogP contribution >= 0.6 is 11.6 Å². The van der Waals surface area contributed by atoms with Crippen molar-refractivity contribution in [2.45, 2.75) is 51.0 Å². The van der Waals surface area contributed by atoms with E-state index in [-0.39, 0.29) is 29.9 Å². The molecule has 162 valence electrons. The first-order valence-corrected chi connectivity index (χ1v) is 10.6. The Hall–Kier alpha value is -2.41. The molecule has 8 heteroatoms. The summed E-state index contributed by atoms with van der Waals surface area (Å²) in [7, 11) is 4.86. The Morgan fingerprint density at radius 1 is 1.30 bits per heavy atom. The number of nitrogens with zero attached hydrogens (tertiary/aromatic N) is 4. The van der Waals surface area contributed by atoms with Crippen LogP contribution in [-0.2, 0) is 11.3 Å². The number of allylic oxidation sites excluding steroid dienone is 6. The van der Waals surface area contributed by atoms with E-state index in [1.54, 1.807) is 37.9 Å². The van der Waals surface area contributed by atoms with E-state index in [2.05, 4.69) is 0 Å². The number of carbonyl (C=O) groups is 2. The van der Waals surface area contributed by atoms with Crippen molar-refractivity contribution in [1.82, 2.24) is 14.5 Å². The third-order valence-corrected chi connectivity index (χ3v) is 6.04. The number of hydrogen-bond donors (Lipinski definition) is 0. The van der Waals surface area contributed by atoms with E-state index in [1.807, 2.05) is 0 Å². The van der Waals surface area contributed by atoms with Gasteiger partial charge < -0.3 is 14.4 Å². The van der Waals surface area contributed by atoms with E-state index in [1.165, 1.54) is 22.3 Å². The summed E-state index contributed by atoms with van der Waals surface area (Å²) in [6.07, 6.45) is 11.1. The van der Waals surface area contributed by atoms with E-state index >= 15 is 0 Å². The van der Waals surface area contributed by atoms with Crippen LogP contribution < -0.4 is 4.90 Å². The molecule has 0 spiro atoms. The zero-order chi connectivity index (χ0) is 21.8. The molecule has 30 heavy (non-hydrogen) atoms. The number of anilines is 1. The summed E-state index contributed by atoms with van der Waals surface area (Å²) in [5, 5.41) is 0.398. The standard InChI is InChI=1S/C22H28ClFN4O2/c1-26(2)22(30)19-21(27(3)14-29)25-20(15-9-5-4-6-10-15)28(19)13-16-17(23)11-7-8-12-18(16)24/h7-8,12,14-15H,4-6,9-11,13H2,1-3H3. The molecule has 2 amide bonds. The van der Waals surface area contributed by atoms with Crippen LogP contribution in [0.5, 0.6) is 0 Å². The van der Waals surface area contributed by atoms with Crippen molar-refractivity contribution in [3.63, 3.8) is 0 Å². The van der Waals surface area contributed by atoms with Gasteiger partial charge in [-0.2, -0.15) is 0 Å². The van der Waals surface area contributed by atoms with E-state index in [0.717, 1.165) is 25.7 Å². The SMILES string of the molecule is CN(C)C(=O)c1c(N(C)C=O)nc(C2CCCCC2)n1CC1=C(Cl)CC=CC=C1F. The monoisotopic (exact) mass is 434 g/mol. The first-order valence-electron chi connectivity index (χ1n) is 10.3. The van der Waals surface area contributed by atoms with E-state index < -0.39 is 5.83 Å². The molecule has 1 aromatic rings. The summed E-state index contributed by atoms with van der Waals surface area (Å²) in [4.78, 5) is 32.1. The maximum atomic E-state index is 14.8. The molecule has 0 aromatic carbocycles. The zero-order valence-electron chi connectivity index (χ0n) is 17.7. The number of amides is 2.